The van der Waals surface area contributed by atoms with E-state index in [1.165, 1.54) is 11.3 Å². The molecule has 9 nitrogen and oxygen atoms in total. The van der Waals surface area contributed by atoms with E-state index in [1.807, 2.05) is 32.0 Å². The van der Waals surface area contributed by atoms with Gasteiger partial charge in [0.15, 0.2) is 5.13 Å². The predicted octanol–water partition coefficient (Wildman–Crippen LogP) is 4.16. The van der Waals surface area contributed by atoms with Crippen molar-refractivity contribution in [3.8, 4) is 34.0 Å². The summed E-state index contributed by atoms with van der Waals surface area (Å²) in [5, 5.41) is 21.3. The van der Waals surface area contributed by atoms with Gasteiger partial charge < -0.3 is 4.90 Å². The van der Waals surface area contributed by atoms with E-state index in [1.54, 1.807) is 29.3 Å². The smallest absolute Gasteiger partial charge is 0.323 e. The minimum absolute atomic E-state index is 0.166. The van der Waals surface area contributed by atoms with Crippen LogP contribution < -0.4 is 5.32 Å². The summed E-state index contributed by atoms with van der Waals surface area (Å²) in [6, 6.07) is 12.9. The fraction of sp³-hybridized carbons (Fsp3) is 0.261. The van der Waals surface area contributed by atoms with Gasteiger partial charge in [0.25, 0.3) is 0 Å². The zero-order chi connectivity index (χ0) is 24.3. The van der Waals surface area contributed by atoms with Gasteiger partial charge in [0, 0.05) is 30.0 Å². The highest BCUT2D eigenvalue weighted by Gasteiger charge is 2.25. The first-order valence-electron chi connectivity index (χ1n) is 10.4. The molecular weight excluding hydrogens is 470 g/mol. The topological polar surface area (TPSA) is 135 Å². The maximum atomic E-state index is 12.9. The molecule has 0 saturated carbocycles. The van der Waals surface area contributed by atoms with Gasteiger partial charge in [-0.1, -0.05) is 23.5 Å². The van der Waals surface area contributed by atoms with Crippen molar-refractivity contribution in [1.82, 2.24) is 14.9 Å². The summed E-state index contributed by atoms with van der Waals surface area (Å²) in [5.41, 5.74) is 4.61. The van der Waals surface area contributed by atoms with Crippen LogP contribution in [0.1, 0.15) is 17.0 Å². The molecule has 0 unspecified atom stereocenters. The first kappa shape index (κ1) is 23.4. The maximum Gasteiger partial charge on any atom is 0.323 e. The highest BCUT2D eigenvalue weighted by atomic mass is 32.2. The number of amides is 2. The van der Waals surface area contributed by atoms with Crippen molar-refractivity contribution in [2.24, 2.45) is 4.36 Å². The molecule has 1 aromatic carbocycles. The van der Waals surface area contributed by atoms with Crippen LogP contribution in [0.4, 0.5) is 9.93 Å². The van der Waals surface area contributed by atoms with Crippen molar-refractivity contribution in [3.63, 3.8) is 0 Å². The molecule has 0 spiro atoms. The van der Waals surface area contributed by atoms with Crippen molar-refractivity contribution in [1.29, 1.82) is 10.5 Å². The average Bonchev–Trinajstić information content (AvgIpc) is 3.23. The summed E-state index contributed by atoms with van der Waals surface area (Å²) < 4.78 is 16.0. The number of nitrogens with zero attached hydrogens (tertiary/aromatic N) is 6. The van der Waals surface area contributed by atoms with Crippen LogP contribution in [-0.2, 0) is 9.73 Å². The Kier molecular flexibility index (Phi) is 6.59. The summed E-state index contributed by atoms with van der Waals surface area (Å²) in [5.74, 6) is 0.331. The molecule has 1 N–H and O–H groups in total. The van der Waals surface area contributed by atoms with Crippen molar-refractivity contribution < 1.29 is 9.00 Å². The van der Waals surface area contributed by atoms with E-state index in [0.717, 1.165) is 27.4 Å². The van der Waals surface area contributed by atoms with Crippen molar-refractivity contribution >= 4 is 32.2 Å². The molecule has 11 heteroatoms. The first-order chi connectivity index (χ1) is 16.3. The minimum Gasteiger partial charge on any atom is -0.323 e. The number of anilines is 1. The summed E-state index contributed by atoms with van der Waals surface area (Å²) in [6.07, 6.45) is 1.62. The molecule has 0 atom stereocenters. The van der Waals surface area contributed by atoms with Crippen LogP contribution in [0.5, 0.6) is 0 Å². The second-order valence-electron chi connectivity index (χ2n) is 7.82. The third-order valence-electron chi connectivity index (χ3n) is 5.30. The molecule has 2 aromatic heterocycles. The van der Waals surface area contributed by atoms with E-state index in [0.29, 0.717) is 16.4 Å². The van der Waals surface area contributed by atoms with Gasteiger partial charge in [-0.05, 0) is 43.7 Å². The van der Waals surface area contributed by atoms with Gasteiger partial charge in [0.1, 0.15) is 0 Å². The summed E-state index contributed by atoms with van der Waals surface area (Å²) in [4.78, 5) is 24.4. The molecule has 172 valence electrons. The van der Waals surface area contributed by atoms with E-state index < -0.39 is 9.73 Å². The SMILES string of the molecule is Cc1cc(-c2sc(NC(=O)N3CCS(=O)(=NC#N)CC3)nc2-c2cccc(C#N)c2)cc(C)n1. The summed E-state index contributed by atoms with van der Waals surface area (Å²) in [7, 11) is -2.57. The molecule has 2 amide bonds. The molecule has 1 aliphatic heterocycles. The normalized spacial score (nSPS) is 14.6. The van der Waals surface area contributed by atoms with E-state index >= 15 is 0 Å². The van der Waals surface area contributed by atoms with Crippen LogP contribution in [0.15, 0.2) is 40.8 Å². The monoisotopic (exact) mass is 491 g/mol. The van der Waals surface area contributed by atoms with Gasteiger partial charge in [-0.3, -0.25) is 10.3 Å². The summed E-state index contributed by atoms with van der Waals surface area (Å²) >= 11 is 1.34. The number of nitriles is 2. The number of carbonyl (C=O) groups excluding carboxylic acids is 1. The Morgan fingerprint density at radius 2 is 1.82 bits per heavy atom. The van der Waals surface area contributed by atoms with E-state index in [9.17, 15) is 14.3 Å². The van der Waals surface area contributed by atoms with Crippen molar-refractivity contribution in [2.45, 2.75) is 13.8 Å². The molecule has 3 heterocycles. The lowest BCUT2D eigenvalue weighted by Crippen LogP contribution is -2.45. The molecule has 1 saturated heterocycles. The second-order valence-corrected chi connectivity index (χ2v) is 11.4. The first-order valence-corrected chi connectivity index (χ1v) is 13.1. The van der Waals surface area contributed by atoms with Gasteiger partial charge >= 0.3 is 6.03 Å². The van der Waals surface area contributed by atoms with Crippen LogP contribution in [0, 0.1) is 36.6 Å². The Morgan fingerprint density at radius 1 is 1.12 bits per heavy atom. The lowest BCUT2D eigenvalue weighted by molar-refractivity contribution is 0.216. The Morgan fingerprint density at radius 3 is 2.47 bits per heavy atom. The zero-order valence-corrected chi connectivity index (χ0v) is 20.2. The molecule has 3 aromatic rings. The maximum absolute atomic E-state index is 12.9. The van der Waals surface area contributed by atoms with Crippen LogP contribution in [0.2, 0.25) is 0 Å². The van der Waals surface area contributed by atoms with E-state index in [-0.39, 0.29) is 30.6 Å². The number of carbonyl (C=O) groups is 1. The largest absolute Gasteiger partial charge is 0.323 e. The number of nitrogens with one attached hydrogen (secondary N) is 1. The molecule has 4 rings (SSSR count). The van der Waals surface area contributed by atoms with Crippen LogP contribution in [-0.4, -0.2) is 49.7 Å². The molecule has 34 heavy (non-hydrogen) atoms. The quantitative estimate of drug-likeness (QED) is 0.547. The van der Waals surface area contributed by atoms with Gasteiger partial charge in [0.2, 0.25) is 6.19 Å². The molecule has 1 fully saturated rings. The predicted molar refractivity (Wildman–Crippen MR) is 131 cm³/mol. The number of thiazole rings is 1. The lowest BCUT2D eigenvalue weighted by atomic mass is 10.0. The Hall–Kier alpha value is -3.80. The summed E-state index contributed by atoms with van der Waals surface area (Å²) in [6.45, 7) is 4.33. The number of urea groups is 1. The number of benzene rings is 1. The van der Waals surface area contributed by atoms with Crippen molar-refractivity contribution in [3.05, 3.63) is 53.3 Å². The number of aryl methyl sites for hydroxylation is 2. The number of rotatable bonds is 3. The number of pyridine rings is 1. The second kappa shape index (κ2) is 9.59. The number of aromatic nitrogens is 2. The van der Waals surface area contributed by atoms with E-state index in [4.69, 9.17) is 10.2 Å². The Balaban J connectivity index is 1.66. The van der Waals surface area contributed by atoms with Crippen LogP contribution in [0.3, 0.4) is 0 Å². The van der Waals surface area contributed by atoms with Gasteiger partial charge in [0.05, 0.1) is 43.4 Å². The highest BCUT2D eigenvalue weighted by molar-refractivity contribution is 7.93. The molecule has 0 bridgehead atoms. The molecule has 1 aliphatic rings. The minimum atomic E-state index is -2.57. The molecule has 0 aliphatic carbocycles. The third kappa shape index (κ3) is 5.06. The zero-order valence-electron chi connectivity index (χ0n) is 18.6. The van der Waals surface area contributed by atoms with Gasteiger partial charge in [-0.25, -0.2) is 14.0 Å². The Labute approximate surface area is 201 Å². The fourth-order valence-electron chi connectivity index (χ4n) is 3.73. The van der Waals surface area contributed by atoms with Crippen LogP contribution >= 0.6 is 11.3 Å². The van der Waals surface area contributed by atoms with Gasteiger partial charge in [-0.15, -0.1) is 4.36 Å². The Bertz CT molecular complexity index is 1440. The number of hydrogen-bond acceptors (Lipinski definition) is 8. The standard InChI is InChI=1S/C23H21N7O2S2/c1-15-10-19(11-16(2)27-15)21-20(18-5-3-4-17(12-18)13-24)28-22(33-21)29-23(31)30-6-8-34(32,9-7-30)26-14-25/h3-5,10-12H,6-9H2,1-2H3,(H,28,29,31). The third-order valence-corrected chi connectivity index (χ3v) is 8.38. The lowest BCUT2D eigenvalue weighted by Gasteiger charge is -2.27. The fourth-order valence-corrected chi connectivity index (χ4v) is 6.24. The molecule has 0 radical (unpaired) electrons. The average molecular weight is 492 g/mol. The van der Waals surface area contributed by atoms with Gasteiger partial charge in [-0.2, -0.15) is 10.5 Å². The van der Waals surface area contributed by atoms with Crippen molar-refractivity contribution in [2.75, 3.05) is 29.9 Å². The van der Waals surface area contributed by atoms with Crippen LogP contribution in [0.25, 0.3) is 21.7 Å². The van der Waals surface area contributed by atoms with E-state index in [2.05, 4.69) is 20.7 Å². The molecular formula is C23H21N7O2S2. The highest BCUT2D eigenvalue weighted by Crippen LogP contribution is 2.39. The number of hydrogen-bond donors (Lipinski definition) is 1.